The quantitative estimate of drug-likeness (QED) is 0.782. The van der Waals surface area contributed by atoms with Crippen LogP contribution in [0, 0.1) is 18.8 Å². The Bertz CT molecular complexity index is 716. The van der Waals surface area contributed by atoms with Crippen molar-refractivity contribution in [3.05, 3.63) is 66.8 Å². The van der Waals surface area contributed by atoms with E-state index < -0.39 is 10.0 Å². The molecule has 3 nitrogen and oxygen atoms in total. The molecule has 3 rings (SSSR count). The summed E-state index contributed by atoms with van der Waals surface area (Å²) in [4.78, 5) is 0.350. The second kappa shape index (κ2) is 5.86. The van der Waals surface area contributed by atoms with Crippen molar-refractivity contribution in [2.24, 2.45) is 11.8 Å². The number of hydrogen-bond donors (Lipinski definition) is 0. The highest BCUT2D eigenvalue weighted by atomic mass is 32.2. The van der Waals surface area contributed by atoms with Gasteiger partial charge in [-0.1, -0.05) is 48.1 Å². The van der Waals surface area contributed by atoms with Crippen LogP contribution >= 0.6 is 0 Å². The van der Waals surface area contributed by atoms with E-state index in [0.717, 1.165) is 12.0 Å². The molecule has 1 aromatic rings. The van der Waals surface area contributed by atoms with Crippen molar-refractivity contribution in [3.63, 3.8) is 0 Å². The van der Waals surface area contributed by atoms with Crippen LogP contribution < -0.4 is 0 Å². The van der Waals surface area contributed by atoms with Gasteiger partial charge in [-0.05, 0) is 37.3 Å². The van der Waals surface area contributed by atoms with Gasteiger partial charge in [0.05, 0.1) is 4.90 Å². The van der Waals surface area contributed by atoms with E-state index in [9.17, 15) is 8.42 Å². The summed E-state index contributed by atoms with van der Waals surface area (Å²) < 4.78 is 27.6. The summed E-state index contributed by atoms with van der Waals surface area (Å²) in [6, 6.07) is 6.95. The van der Waals surface area contributed by atoms with Gasteiger partial charge in [0, 0.05) is 12.6 Å². The van der Waals surface area contributed by atoms with Gasteiger partial charge >= 0.3 is 0 Å². The minimum atomic E-state index is -3.52. The molecule has 2 aliphatic rings. The fraction of sp³-hybridized carbons (Fsp3) is 0.333. The standard InChI is InChI=1S/C18H21NO2S/c1-3-12-19(18-7-5-4-6-15-13-17(15)18)22(20,21)16-10-8-14(2)9-11-16/h3-11,15,17-18H,1,12-13H2,2H3/t15-,17+,18-/m0/s1. The third-order valence-electron chi connectivity index (χ3n) is 4.38. The molecule has 0 radical (unpaired) electrons. The van der Waals surface area contributed by atoms with Gasteiger partial charge in [0.15, 0.2) is 0 Å². The van der Waals surface area contributed by atoms with Crippen molar-refractivity contribution < 1.29 is 8.42 Å². The van der Waals surface area contributed by atoms with Gasteiger partial charge in [0.1, 0.15) is 0 Å². The fourth-order valence-corrected chi connectivity index (χ4v) is 4.64. The number of hydrogen-bond acceptors (Lipinski definition) is 2. The van der Waals surface area contributed by atoms with E-state index in [0.29, 0.717) is 23.3 Å². The van der Waals surface area contributed by atoms with Gasteiger partial charge in [-0.15, -0.1) is 6.58 Å². The smallest absolute Gasteiger partial charge is 0.207 e. The van der Waals surface area contributed by atoms with Gasteiger partial charge in [-0.2, -0.15) is 4.31 Å². The predicted molar refractivity (Wildman–Crippen MR) is 88.9 cm³/mol. The molecule has 3 atom stereocenters. The molecular formula is C18H21NO2S. The first-order chi connectivity index (χ1) is 10.5. The lowest BCUT2D eigenvalue weighted by Crippen LogP contribution is -2.40. The lowest BCUT2D eigenvalue weighted by molar-refractivity contribution is 0.356. The molecule has 4 heteroatoms. The Morgan fingerprint density at radius 2 is 1.91 bits per heavy atom. The summed E-state index contributed by atoms with van der Waals surface area (Å²) in [5.74, 6) is 0.885. The van der Waals surface area contributed by atoms with Crippen LogP contribution in [0.4, 0.5) is 0 Å². The SMILES string of the molecule is C=CCN([C@H]1C=CC=C[C@H]2C[C@H]21)S(=O)(=O)c1ccc(C)cc1. The Morgan fingerprint density at radius 1 is 1.23 bits per heavy atom. The summed E-state index contributed by atoms with van der Waals surface area (Å²) in [5, 5.41) is 0. The lowest BCUT2D eigenvalue weighted by Gasteiger charge is -2.28. The molecule has 0 spiro atoms. The predicted octanol–water partition coefficient (Wildman–Crippen LogP) is 3.30. The van der Waals surface area contributed by atoms with Gasteiger partial charge < -0.3 is 0 Å². The first-order valence-electron chi connectivity index (χ1n) is 7.58. The normalized spacial score (nSPS) is 26.5. The van der Waals surface area contributed by atoms with E-state index in [1.165, 1.54) is 0 Å². The third kappa shape index (κ3) is 2.81. The van der Waals surface area contributed by atoms with Crippen molar-refractivity contribution in [1.29, 1.82) is 0 Å². The maximum Gasteiger partial charge on any atom is 0.243 e. The first kappa shape index (κ1) is 15.3. The molecule has 0 unspecified atom stereocenters. The largest absolute Gasteiger partial charge is 0.243 e. The number of sulfonamides is 1. The zero-order valence-electron chi connectivity index (χ0n) is 12.7. The van der Waals surface area contributed by atoms with Crippen molar-refractivity contribution in [2.45, 2.75) is 24.3 Å². The minimum Gasteiger partial charge on any atom is -0.207 e. The van der Waals surface area contributed by atoms with E-state index in [4.69, 9.17) is 0 Å². The molecule has 0 N–H and O–H groups in total. The molecule has 0 bridgehead atoms. The molecule has 0 heterocycles. The maximum absolute atomic E-state index is 13.0. The second-order valence-electron chi connectivity index (χ2n) is 6.00. The van der Waals surface area contributed by atoms with E-state index >= 15 is 0 Å². The van der Waals surface area contributed by atoms with Gasteiger partial charge in [0.2, 0.25) is 10.0 Å². The Hall–Kier alpha value is -1.65. The molecule has 0 saturated heterocycles. The first-order valence-corrected chi connectivity index (χ1v) is 9.02. The van der Waals surface area contributed by atoms with Crippen LogP contribution in [0.15, 0.2) is 66.1 Å². The van der Waals surface area contributed by atoms with E-state index in [2.05, 4.69) is 12.7 Å². The van der Waals surface area contributed by atoms with Crippen LogP contribution in [-0.4, -0.2) is 25.3 Å². The number of benzene rings is 1. The zero-order valence-corrected chi connectivity index (χ0v) is 13.5. The molecular weight excluding hydrogens is 294 g/mol. The lowest BCUT2D eigenvalue weighted by atomic mass is 10.1. The van der Waals surface area contributed by atoms with Crippen molar-refractivity contribution in [3.8, 4) is 0 Å². The Kier molecular flexibility index (Phi) is 4.06. The second-order valence-corrected chi connectivity index (χ2v) is 7.89. The highest BCUT2D eigenvalue weighted by Gasteiger charge is 2.46. The monoisotopic (exact) mass is 315 g/mol. The molecule has 0 amide bonds. The summed E-state index contributed by atoms with van der Waals surface area (Å²) in [6.45, 7) is 6.01. The van der Waals surface area contributed by atoms with Gasteiger partial charge in [-0.3, -0.25) is 0 Å². The van der Waals surface area contributed by atoms with E-state index in [1.807, 2.05) is 37.3 Å². The number of fused-ring (bicyclic) bond motifs is 1. The topological polar surface area (TPSA) is 37.4 Å². The Balaban J connectivity index is 1.96. The number of aryl methyl sites for hydroxylation is 1. The Labute approximate surface area is 132 Å². The van der Waals surface area contributed by atoms with Crippen LogP contribution in [-0.2, 0) is 10.0 Å². The molecule has 1 fully saturated rings. The highest BCUT2D eigenvalue weighted by Crippen LogP contribution is 2.46. The van der Waals surface area contributed by atoms with Crippen molar-refractivity contribution in [2.75, 3.05) is 6.54 Å². The fourth-order valence-electron chi connectivity index (χ4n) is 3.04. The minimum absolute atomic E-state index is 0.0932. The van der Waals surface area contributed by atoms with Crippen LogP contribution in [0.5, 0.6) is 0 Å². The average Bonchev–Trinajstić information content (AvgIpc) is 3.25. The van der Waals surface area contributed by atoms with Crippen LogP contribution in [0.2, 0.25) is 0 Å². The van der Waals surface area contributed by atoms with Gasteiger partial charge in [-0.25, -0.2) is 8.42 Å². The molecule has 1 saturated carbocycles. The molecule has 22 heavy (non-hydrogen) atoms. The summed E-state index contributed by atoms with van der Waals surface area (Å²) in [6.07, 6.45) is 10.9. The van der Waals surface area contributed by atoms with Crippen LogP contribution in [0.3, 0.4) is 0 Å². The third-order valence-corrected chi connectivity index (χ3v) is 6.25. The summed E-state index contributed by atoms with van der Waals surface area (Å²) in [7, 11) is -3.52. The van der Waals surface area contributed by atoms with Crippen molar-refractivity contribution >= 4 is 10.0 Å². The molecule has 1 aromatic carbocycles. The van der Waals surface area contributed by atoms with Crippen molar-refractivity contribution in [1.82, 2.24) is 4.31 Å². The van der Waals surface area contributed by atoms with E-state index in [1.54, 1.807) is 22.5 Å². The number of rotatable bonds is 5. The number of allylic oxidation sites excluding steroid dienone is 3. The summed E-state index contributed by atoms with van der Waals surface area (Å²) in [5.41, 5.74) is 1.05. The summed E-state index contributed by atoms with van der Waals surface area (Å²) >= 11 is 0. The molecule has 2 aliphatic carbocycles. The average molecular weight is 315 g/mol. The highest BCUT2D eigenvalue weighted by molar-refractivity contribution is 7.89. The maximum atomic E-state index is 13.0. The number of nitrogens with zero attached hydrogens (tertiary/aromatic N) is 1. The molecule has 116 valence electrons. The molecule has 0 aromatic heterocycles. The van der Waals surface area contributed by atoms with Gasteiger partial charge in [0.25, 0.3) is 0 Å². The van der Waals surface area contributed by atoms with Crippen LogP contribution in [0.25, 0.3) is 0 Å². The molecule has 0 aliphatic heterocycles. The Morgan fingerprint density at radius 3 is 2.59 bits per heavy atom. The van der Waals surface area contributed by atoms with E-state index in [-0.39, 0.29) is 6.04 Å². The van der Waals surface area contributed by atoms with Crippen LogP contribution in [0.1, 0.15) is 12.0 Å². The zero-order chi connectivity index (χ0) is 15.7.